The Kier molecular flexibility index (Phi) is 4.35. The van der Waals surface area contributed by atoms with Crippen molar-refractivity contribution in [3.8, 4) is 11.1 Å². The fourth-order valence-electron chi connectivity index (χ4n) is 1.97. The highest BCUT2D eigenvalue weighted by Crippen LogP contribution is 2.30. The first kappa shape index (κ1) is 14.1. The zero-order valence-electron chi connectivity index (χ0n) is 10.3. The lowest BCUT2D eigenvalue weighted by Crippen LogP contribution is -1.87. The van der Waals surface area contributed by atoms with Gasteiger partial charge < -0.3 is 0 Å². The zero-order chi connectivity index (χ0) is 14.5. The lowest BCUT2D eigenvalue weighted by atomic mass is 9.95. The lowest BCUT2D eigenvalue weighted by molar-refractivity contribution is 0.428. The van der Waals surface area contributed by atoms with Crippen LogP contribution in [-0.2, 0) is 0 Å². The molecule has 0 saturated heterocycles. The Hall–Kier alpha value is -2.36. The standard InChI is InChI=1S/C16H10F4/c17-15(18)9-11-5-1-3-7-13(11)14-8-4-2-6-12(14)10-16(19)20/h1-10H. The van der Waals surface area contributed by atoms with Gasteiger partial charge in [0.2, 0.25) is 0 Å². The van der Waals surface area contributed by atoms with Crippen molar-refractivity contribution >= 4 is 12.2 Å². The molecule has 102 valence electrons. The van der Waals surface area contributed by atoms with Gasteiger partial charge in [-0.3, -0.25) is 0 Å². The van der Waals surface area contributed by atoms with Crippen molar-refractivity contribution in [2.75, 3.05) is 0 Å². The first-order valence-electron chi connectivity index (χ1n) is 5.82. The van der Waals surface area contributed by atoms with E-state index >= 15 is 0 Å². The van der Waals surface area contributed by atoms with Crippen LogP contribution in [0, 0.1) is 0 Å². The zero-order valence-corrected chi connectivity index (χ0v) is 10.3. The number of hydrogen-bond acceptors (Lipinski definition) is 0. The van der Waals surface area contributed by atoms with E-state index in [1.54, 1.807) is 36.4 Å². The van der Waals surface area contributed by atoms with Gasteiger partial charge in [0.15, 0.2) is 0 Å². The van der Waals surface area contributed by atoms with Crippen LogP contribution < -0.4 is 0 Å². The van der Waals surface area contributed by atoms with Crippen LogP contribution in [0.15, 0.2) is 60.7 Å². The third kappa shape index (κ3) is 3.35. The van der Waals surface area contributed by atoms with Crippen molar-refractivity contribution in [1.29, 1.82) is 0 Å². The highest BCUT2D eigenvalue weighted by molar-refractivity contribution is 5.81. The minimum atomic E-state index is -1.83. The van der Waals surface area contributed by atoms with Gasteiger partial charge in [-0.2, -0.15) is 17.6 Å². The van der Waals surface area contributed by atoms with Crippen LogP contribution in [0.1, 0.15) is 11.1 Å². The van der Waals surface area contributed by atoms with Gasteiger partial charge in [0.25, 0.3) is 12.2 Å². The fourth-order valence-corrected chi connectivity index (χ4v) is 1.97. The Bertz CT molecular complexity index is 604. The average Bonchev–Trinajstić information content (AvgIpc) is 2.39. The van der Waals surface area contributed by atoms with E-state index in [9.17, 15) is 17.6 Å². The van der Waals surface area contributed by atoms with Crippen LogP contribution in [0.4, 0.5) is 17.6 Å². The Labute approximate surface area is 113 Å². The van der Waals surface area contributed by atoms with Crippen LogP contribution in [0.5, 0.6) is 0 Å². The van der Waals surface area contributed by atoms with Crippen molar-refractivity contribution < 1.29 is 17.6 Å². The second-order valence-electron chi connectivity index (χ2n) is 4.04. The maximum absolute atomic E-state index is 12.5. The van der Waals surface area contributed by atoms with Crippen LogP contribution in [0.3, 0.4) is 0 Å². The first-order valence-corrected chi connectivity index (χ1v) is 5.82. The van der Waals surface area contributed by atoms with E-state index in [1.807, 2.05) is 0 Å². The van der Waals surface area contributed by atoms with E-state index in [-0.39, 0.29) is 11.1 Å². The summed E-state index contributed by atoms with van der Waals surface area (Å²) < 4.78 is 49.8. The van der Waals surface area contributed by atoms with E-state index in [0.717, 1.165) is 12.2 Å². The minimum absolute atomic E-state index is 0.285. The molecule has 0 saturated carbocycles. The second-order valence-corrected chi connectivity index (χ2v) is 4.04. The predicted octanol–water partition coefficient (Wildman–Crippen LogP) is 5.83. The Morgan fingerprint density at radius 1 is 0.600 bits per heavy atom. The molecule has 2 aromatic rings. The molecule has 4 heteroatoms. The quantitative estimate of drug-likeness (QED) is 0.620. The highest BCUT2D eigenvalue weighted by Gasteiger charge is 2.08. The largest absolute Gasteiger partial charge is 0.270 e. The number of benzene rings is 2. The summed E-state index contributed by atoms with van der Waals surface area (Å²) in [5.41, 5.74) is 1.53. The van der Waals surface area contributed by atoms with Crippen molar-refractivity contribution in [1.82, 2.24) is 0 Å². The Morgan fingerprint density at radius 3 is 1.30 bits per heavy atom. The van der Waals surface area contributed by atoms with Crippen molar-refractivity contribution in [2.45, 2.75) is 0 Å². The fraction of sp³-hybridized carbons (Fsp3) is 0. The summed E-state index contributed by atoms with van der Waals surface area (Å²) in [5.74, 6) is 0. The molecule has 0 aromatic heterocycles. The van der Waals surface area contributed by atoms with Crippen LogP contribution in [0.25, 0.3) is 23.3 Å². The smallest absolute Gasteiger partial charge is 0.173 e. The molecular weight excluding hydrogens is 268 g/mol. The molecule has 0 N–H and O–H groups in total. The highest BCUT2D eigenvalue weighted by atomic mass is 19.3. The van der Waals surface area contributed by atoms with E-state index in [0.29, 0.717) is 11.1 Å². The molecular formula is C16H10F4. The van der Waals surface area contributed by atoms with E-state index in [2.05, 4.69) is 0 Å². The van der Waals surface area contributed by atoms with Gasteiger partial charge in [-0.05, 0) is 22.3 Å². The maximum atomic E-state index is 12.5. The molecule has 0 atom stereocenters. The van der Waals surface area contributed by atoms with Crippen LogP contribution in [0.2, 0.25) is 0 Å². The topological polar surface area (TPSA) is 0 Å². The van der Waals surface area contributed by atoms with Crippen LogP contribution in [-0.4, -0.2) is 0 Å². The molecule has 0 radical (unpaired) electrons. The first-order chi connectivity index (χ1) is 9.58. The molecule has 0 aliphatic carbocycles. The van der Waals surface area contributed by atoms with E-state index in [1.165, 1.54) is 12.1 Å². The van der Waals surface area contributed by atoms with Crippen molar-refractivity contribution in [3.63, 3.8) is 0 Å². The molecule has 20 heavy (non-hydrogen) atoms. The van der Waals surface area contributed by atoms with Gasteiger partial charge >= 0.3 is 0 Å². The third-order valence-electron chi connectivity index (χ3n) is 2.74. The summed E-state index contributed by atoms with van der Waals surface area (Å²) >= 11 is 0. The molecule has 0 unspecified atom stereocenters. The third-order valence-corrected chi connectivity index (χ3v) is 2.74. The molecule has 0 aliphatic heterocycles. The average molecular weight is 278 g/mol. The number of halogens is 4. The summed E-state index contributed by atoms with van der Waals surface area (Å²) in [6.07, 6.45) is -2.22. The molecule has 0 heterocycles. The maximum Gasteiger partial charge on any atom is 0.270 e. The van der Waals surface area contributed by atoms with Gasteiger partial charge in [-0.1, -0.05) is 48.5 Å². The Morgan fingerprint density at radius 2 is 0.950 bits per heavy atom. The summed E-state index contributed by atoms with van der Waals surface area (Å²) in [6, 6.07) is 12.9. The normalized spacial score (nSPS) is 10.0. The van der Waals surface area contributed by atoms with Crippen molar-refractivity contribution in [2.24, 2.45) is 0 Å². The van der Waals surface area contributed by atoms with Gasteiger partial charge in [-0.15, -0.1) is 0 Å². The molecule has 0 spiro atoms. The molecule has 0 fully saturated rings. The molecule has 0 aliphatic rings. The molecule has 0 nitrogen and oxygen atoms in total. The number of hydrogen-bond donors (Lipinski definition) is 0. The van der Waals surface area contributed by atoms with Gasteiger partial charge in [0.05, 0.1) is 0 Å². The van der Waals surface area contributed by atoms with Crippen LogP contribution >= 0.6 is 0 Å². The van der Waals surface area contributed by atoms with Gasteiger partial charge in [0.1, 0.15) is 0 Å². The van der Waals surface area contributed by atoms with E-state index in [4.69, 9.17) is 0 Å². The lowest BCUT2D eigenvalue weighted by Gasteiger charge is -2.09. The SMILES string of the molecule is FC(F)=Cc1ccccc1-c1ccccc1C=C(F)F. The van der Waals surface area contributed by atoms with Crippen molar-refractivity contribution in [3.05, 3.63) is 71.8 Å². The molecule has 2 rings (SSSR count). The second kappa shape index (κ2) is 6.19. The summed E-state index contributed by atoms with van der Waals surface area (Å²) in [6.45, 7) is 0. The van der Waals surface area contributed by atoms with Gasteiger partial charge in [0, 0.05) is 12.2 Å². The predicted molar refractivity (Wildman–Crippen MR) is 72.3 cm³/mol. The van der Waals surface area contributed by atoms with Gasteiger partial charge in [-0.25, -0.2) is 0 Å². The minimum Gasteiger partial charge on any atom is -0.173 e. The summed E-state index contributed by atoms with van der Waals surface area (Å²) in [7, 11) is 0. The molecule has 0 bridgehead atoms. The van der Waals surface area contributed by atoms with E-state index < -0.39 is 12.2 Å². The number of rotatable bonds is 3. The Balaban J connectivity index is 2.64. The molecule has 2 aromatic carbocycles. The summed E-state index contributed by atoms with van der Waals surface area (Å²) in [5, 5.41) is 0. The monoisotopic (exact) mass is 278 g/mol. The molecule has 0 amide bonds. The summed E-state index contributed by atoms with van der Waals surface area (Å²) in [4.78, 5) is 0.